The van der Waals surface area contributed by atoms with E-state index in [1.165, 1.54) is 18.2 Å². The van der Waals surface area contributed by atoms with E-state index in [0.29, 0.717) is 0 Å². The molecule has 0 unspecified atom stereocenters. The minimum Gasteiger partial charge on any atom is -0.457 e. The van der Waals surface area contributed by atoms with Crippen molar-refractivity contribution < 1.29 is 17.9 Å². The van der Waals surface area contributed by atoms with Crippen LogP contribution in [0.3, 0.4) is 0 Å². The maximum absolute atomic E-state index is 13.1. The van der Waals surface area contributed by atoms with Crippen molar-refractivity contribution in [2.24, 2.45) is 0 Å². The lowest BCUT2D eigenvalue weighted by Gasteiger charge is -2.06. The van der Waals surface area contributed by atoms with E-state index in [1.807, 2.05) is 0 Å². The van der Waals surface area contributed by atoms with E-state index in [0.717, 1.165) is 18.2 Å². The molecule has 2 rings (SSSR count). The van der Waals surface area contributed by atoms with Gasteiger partial charge in [0.1, 0.15) is 17.3 Å². The smallest absolute Gasteiger partial charge is 0.162 e. The highest BCUT2D eigenvalue weighted by molar-refractivity contribution is 5.44. The van der Waals surface area contributed by atoms with Crippen molar-refractivity contribution in [3.63, 3.8) is 0 Å². The van der Waals surface area contributed by atoms with Crippen molar-refractivity contribution >= 4 is 5.69 Å². The SMILES string of the molecule is Nc1ccc(Oc2ccc(F)c(F)c2)cc1F. The van der Waals surface area contributed by atoms with E-state index in [2.05, 4.69) is 0 Å². The molecule has 0 fully saturated rings. The molecule has 2 nitrogen and oxygen atoms in total. The molecule has 2 aromatic rings. The highest BCUT2D eigenvalue weighted by Gasteiger charge is 2.06. The third kappa shape index (κ3) is 2.50. The van der Waals surface area contributed by atoms with E-state index in [9.17, 15) is 13.2 Å². The summed E-state index contributed by atoms with van der Waals surface area (Å²) in [5.74, 6) is -2.40. The Morgan fingerprint density at radius 1 is 0.765 bits per heavy atom. The monoisotopic (exact) mass is 239 g/mol. The molecule has 0 aliphatic carbocycles. The molecule has 2 N–H and O–H groups in total. The summed E-state index contributed by atoms with van der Waals surface area (Å²) >= 11 is 0. The van der Waals surface area contributed by atoms with Crippen molar-refractivity contribution in [2.45, 2.75) is 0 Å². The van der Waals surface area contributed by atoms with Crippen LogP contribution in [-0.2, 0) is 0 Å². The second-order valence-corrected chi connectivity index (χ2v) is 3.36. The van der Waals surface area contributed by atoms with Gasteiger partial charge in [-0.1, -0.05) is 0 Å². The zero-order valence-corrected chi connectivity index (χ0v) is 8.58. The third-order valence-electron chi connectivity index (χ3n) is 2.10. The zero-order valence-electron chi connectivity index (χ0n) is 8.58. The lowest BCUT2D eigenvalue weighted by atomic mass is 10.3. The summed E-state index contributed by atoms with van der Waals surface area (Å²) in [6, 6.07) is 6.87. The first-order valence-corrected chi connectivity index (χ1v) is 4.74. The molecule has 5 heteroatoms. The molecule has 0 aliphatic rings. The molecule has 0 amide bonds. The second kappa shape index (κ2) is 4.37. The molecule has 0 spiro atoms. The molecule has 17 heavy (non-hydrogen) atoms. The lowest BCUT2D eigenvalue weighted by Crippen LogP contribution is -1.92. The molecule has 88 valence electrons. The maximum Gasteiger partial charge on any atom is 0.162 e. The Labute approximate surface area is 95.4 Å². The van der Waals surface area contributed by atoms with Crippen molar-refractivity contribution in [3.05, 3.63) is 53.8 Å². The van der Waals surface area contributed by atoms with Gasteiger partial charge in [0.05, 0.1) is 5.69 Å². The molecule has 0 bridgehead atoms. The summed E-state index contributed by atoms with van der Waals surface area (Å²) in [5.41, 5.74) is 5.27. The van der Waals surface area contributed by atoms with Gasteiger partial charge in [-0.05, 0) is 24.3 Å². The minimum absolute atomic E-state index is 0.0114. The van der Waals surface area contributed by atoms with E-state index in [1.54, 1.807) is 0 Å². The van der Waals surface area contributed by atoms with Crippen LogP contribution in [0.4, 0.5) is 18.9 Å². The summed E-state index contributed by atoms with van der Waals surface area (Å²) in [7, 11) is 0. The molecule has 0 heterocycles. The number of ether oxygens (including phenoxy) is 1. The first kappa shape index (κ1) is 11.3. The number of rotatable bonds is 2. The highest BCUT2D eigenvalue weighted by atomic mass is 19.2. The minimum atomic E-state index is -1.03. The summed E-state index contributed by atoms with van der Waals surface area (Å²) in [4.78, 5) is 0. The van der Waals surface area contributed by atoms with Crippen LogP contribution < -0.4 is 10.5 Å². The van der Waals surface area contributed by atoms with Gasteiger partial charge in [0.2, 0.25) is 0 Å². The number of anilines is 1. The average molecular weight is 239 g/mol. The first-order valence-electron chi connectivity index (χ1n) is 4.74. The van der Waals surface area contributed by atoms with E-state index in [4.69, 9.17) is 10.5 Å². The quantitative estimate of drug-likeness (QED) is 0.814. The van der Waals surface area contributed by atoms with Crippen LogP contribution in [0, 0.1) is 17.5 Å². The van der Waals surface area contributed by atoms with Gasteiger partial charge in [-0.15, -0.1) is 0 Å². The Hall–Kier alpha value is -2.17. The Bertz CT molecular complexity index is 508. The van der Waals surface area contributed by atoms with Crippen LogP contribution in [0.1, 0.15) is 0 Å². The normalized spacial score (nSPS) is 10.3. The summed E-state index contributed by atoms with van der Waals surface area (Å²) < 4.78 is 43.8. The van der Waals surface area contributed by atoms with E-state index >= 15 is 0 Å². The van der Waals surface area contributed by atoms with E-state index in [-0.39, 0.29) is 17.2 Å². The molecule has 0 saturated carbocycles. The molecule has 0 radical (unpaired) electrons. The zero-order chi connectivity index (χ0) is 12.4. The van der Waals surface area contributed by atoms with Crippen molar-refractivity contribution in [3.8, 4) is 11.5 Å². The maximum atomic E-state index is 13.1. The number of nitrogens with two attached hydrogens (primary N) is 1. The Kier molecular flexibility index (Phi) is 2.91. The van der Waals surface area contributed by atoms with Gasteiger partial charge in [-0.25, -0.2) is 13.2 Å². The number of hydrogen-bond donors (Lipinski definition) is 1. The summed E-state index contributed by atoms with van der Waals surface area (Å²) in [5, 5.41) is 0. The fourth-order valence-electron chi connectivity index (χ4n) is 1.25. The third-order valence-corrected chi connectivity index (χ3v) is 2.10. The predicted molar refractivity (Wildman–Crippen MR) is 57.2 cm³/mol. The molecule has 0 aromatic heterocycles. The second-order valence-electron chi connectivity index (χ2n) is 3.36. The fraction of sp³-hybridized carbons (Fsp3) is 0. The molecular formula is C12H8F3NO. The van der Waals surface area contributed by atoms with Crippen LogP contribution in [0.5, 0.6) is 11.5 Å². The van der Waals surface area contributed by atoms with Crippen molar-refractivity contribution in [1.82, 2.24) is 0 Å². The molecule has 2 aromatic carbocycles. The first-order chi connectivity index (χ1) is 8.06. The van der Waals surface area contributed by atoms with Gasteiger partial charge in [0.15, 0.2) is 11.6 Å². The Morgan fingerprint density at radius 2 is 1.35 bits per heavy atom. The van der Waals surface area contributed by atoms with Gasteiger partial charge in [-0.3, -0.25) is 0 Å². The van der Waals surface area contributed by atoms with Gasteiger partial charge >= 0.3 is 0 Å². The van der Waals surface area contributed by atoms with Crippen LogP contribution in [0.25, 0.3) is 0 Å². The van der Waals surface area contributed by atoms with Crippen LogP contribution in [0.2, 0.25) is 0 Å². The average Bonchev–Trinajstić information content (AvgIpc) is 2.29. The topological polar surface area (TPSA) is 35.2 Å². The number of hydrogen-bond acceptors (Lipinski definition) is 2. The van der Waals surface area contributed by atoms with Gasteiger partial charge in [-0.2, -0.15) is 0 Å². The lowest BCUT2D eigenvalue weighted by molar-refractivity contribution is 0.458. The summed E-state index contributed by atoms with van der Waals surface area (Å²) in [6.45, 7) is 0. The van der Waals surface area contributed by atoms with Gasteiger partial charge < -0.3 is 10.5 Å². The fourth-order valence-corrected chi connectivity index (χ4v) is 1.25. The largest absolute Gasteiger partial charge is 0.457 e. The molecular weight excluding hydrogens is 231 g/mol. The van der Waals surface area contributed by atoms with Crippen LogP contribution in [0.15, 0.2) is 36.4 Å². The Balaban J connectivity index is 2.25. The summed E-state index contributed by atoms with van der Waals surface area (Å²) in [6.07, 6.45) is 0. The predicted octanol–water partition coefficient (Wildman–Crippen LogP) is 3.48. The van der Waals surface area contributed by atoms with Crippen molar-refractivity contribution in [2.75, 3.05) is 5.73 Å². The Morgan fingerprint density at radius 3 is 1.94 bits per heavy atom. The number of nitrogen functional groups attached to an aromatic ring is 1. The molecule has 0 atom stereocenters. The van der Waals surface area contributed by atoms with Crippen LogP contribution in [-0.4, -0.2) is 0 Å². The molecule has 0 aliphatic heterocycles. The molecule has 0 saturated heterocycles. The van der Waals surface area contributed by atoms with Gasteiger partial charge in [0.25, 0.3) is 0 Å². The van der Waals surface area contributed by atoms with Crippen LogP contribution >= 0.6 is 0 Å². The number of benzene rings is 2. The van der Waals surface area contributed by atoms with Gasteiger partial charge in [0, 0.05) is 12.1 Å². The number of halogens is 3. The standard InChI is InChI=1S/C12H8F3NO/c13-9-3-1-7(5-10(9)14)17-8-2-4-12(16)11(15)6-8/h1-6H,16H2. The van der Waals surface area contributed by atoms with E-state index < -0.39 is 17.5 Å². The highest BCUT2D eigenvalue weighted by Crippen LogP contribution is 2.25. The van der Waals surface area contributed by atoms with Crippen molar-refractivity contribution in [1.29, 1.82) is 0 Å².